The van der Waals surface area contributed by atoms with E-state index in [-0.39, 0.29) is 24.4 Å². The molecule has 0 unspecified atom stereocenters. The highest BCUT2D eigenvalue weighted by molar-refractivity contribution is 5.94. The molecule has 2 aliphatic heterocycles. The Kier molecular flexibility index (Phi) is 7.24. The lowest BCUT2D eigenvalue weighted by molar-refractivity contribution is -0.136. The van der Waals surface area contributed by atoms with Gasteiger partial charge < -0.3 is 15.3 Å². The van der Waals surface area contributed by atoms with E-state index < -0.39 is 6.10 Å². The van der Waals surface area contributed by atoms with Crippen molar-refractivity contribution in [2.75, 3.05) is 32.7 Å². The van der Waals surface area contributed by atoms with Gasteiger partial charge in [0.25, 0.3) is 5.91 Å². The third kappa shape index (κ3) is 5.78. The van der Waals surface area contributed by atoms with Gasteiger partial charge in [-0.3, -0.25) is 14.5 Å². The molecular weight excluding hydrogens is 342 g/mol. The van der Waals surface area contributed by atoms with Crippen molar-refractivity contribution >= 4 is 11.8 Å². The summed E-state index contributed by atoms with van der Waals surface area (Å²) in [5.41, 5.74) is 0.584. The van der Waals surface area contributed by atoms with Crippen molar-refractivity contribution in [3.8, 4) is 0 Å². The first kappa shape index (κ1) is 19.8. The highest BCUT2D eigenvalue weighted by atomic mass is 16.3. The van der Waals surface area contributed by atoms with Gasteiger partial charge in [0.05, 0.1) is 18.7 Å². The maximum Gasteiger partial charge on any atom is 0.251 e. The van der Waals surface area contributed by atoms with Crippen LogP contribution in [0.3, 0.4) is 0 Å². The number of aliphatic hydroxyl groups excluding tert-OH is 1. The predicted octanol–water partition coefficient (Wildman–Crippen LogP) is 1.64. The maximum absolute atomic E-state index is 12.6. The highest BCUT2D eigenvalue weighted by Gasteiger charge is 2.31. The fourth-order valence-corrected chi connectivity index (χ4v) is 3.93. The summed E-state index contributed by atoms with van der Waals surface area (Å²) in [6.07, 6.45) is 5.95. The van der Waals surface area contributed by atoms with Gasteiger partial charge in [-0.2, -0.15) is 0 Å². The van der Waals surface area contributed by atoms with Crippen LogP contribution in [0.2, 0.25) is 0 Å². The lowest BCUT2D eigenvalue weighted by Crippen LogP contribution is -2.56. The van der Waals surface area contributed by atoms with Gasteiger partial charge in [-0.05, 0) is 44.5 Å². The molecule has 3 rings (SSSR count). The van der Waals surface area contributed by atoms with E-state index in [1.807, 2.05) is 18.2 Å². The Morgan fingerprint density at radius 1 is 1.00 bits per heavy atom. The zero-order valence-corrected chi connectivity index (χ0v) is 16.0. The minimum atomic E-state index is -0.734. The van der Waals surface area contributed by atoms with Crippen molar-refractivity contribution in [3.63, 3.8) is 0 Å². The van der Waals surface area contributed by atoms with E-state index in [9.17, 15) is 14.7 Å². The summed E-state index contributed by atoms with van der Waals surface area (Å²) >= 11 is 0. The van der Waals surface area contributed by atoms with E-state index in [4.69, 9.17) is 0 Å². The van der Waals surface area contributed by atoms with Crippen molar-refractivity contribution < 1.29 is 14.7 Å². The summed E-state index contributed by atoms with van der Waals surface area (Å²) in [4.78, 5) is 28.9. The minimum absolute atomic E-state index is 0.0856. The fourth-order valence-electron chi connectivity index (χ4n) is 3.93. The van der Waals surface area contributed by atoms with Gasteiger partial charge in [0, 0.05) is 18.7 Å². The number of rotatable bonds is 4. The Morgan fingerprint density at radius 3 is 2.33 bits per heavy atom. The van der Waals surface area contributed by atoms with Gasteiger partial charge in [0.1, 0.15) is 0 Å². The normalized spacial score (nSPS) is 24.7. The third-order valence-electron chi connectivity index (χ3n) is 5.59. The zero-order valence-electron chi connectivity index (χ0n) is 16.0. The molecule has 1 aromatic rings. The SMILES string of the molecule is O=C(N[C@@H]1CCN(C(=O)CN2CCCCCCC2)C[C@H]1O)c1ccccc1. The van der Waals surface area contributed by atoms with Gasteiger partial charge in [-0.25, -0.2) is 0 Å². The second kappa shape index (κ2) is 9.85. The first-order valence-electron chi connectivity index (χ1n) is 10.2. The van der Waals surface area contributed by atoms with E-state index in [2.05, 4.69) is 10.2 Å². The second-order valence-corrected chi connectivity index (χ2v) is 7.69. The number of carbonyl (C=O) groups excluding carboxylic acids is 2. The first-order chi connectivity index (χ1) is 13.1. The molecule has 2 heterocycles. The lowest BCUT2D eigenvalue weighted by atomic mass is 10.0. The Bertz CT molecular complexity index is 614. The van der Waals surface area contributed by atoms with Crippen molar-refractivity contribution in [2.24, 2.45) is 0 Å². The number of nitrogens with zero attached hydrogens (tertiary/aromatic N) is 2. The Hall–Kier alpha value is -1.92. The van der Waals surface area contributed by atoms with Crippen LogP contribution >= 0.6 is 0 Å². The van der Waals surface area contributed by atoms with E-state index in [0.717, 1.165) is 25.9 Å². The van der Waals surface area contributed by atoms with Gasteiger partial charge >= 0.3 is 0 Å². The molecule has 0 saturated carbocycles. The van der Waals surface area contributed by atoms with E-state index in [1.165, 1.54) is 19.3 Å². The third-order valence-corrected chi connectivity index (χ3v) is 5.59. The van der Waals surface area contributed by atoms with Crippen molar-refractivity contribution in [2.45, 2.75) is 50.7 Å². The number of β-amino-alcohol motifs (C(OH)–C–C–N with tert-alkyl or cyclic N) is 1. The molecule has 6 nitrogen and oxygen atoms in total. The predicted molar refractivity (Wildman–Crippen MR) is 104 cm³/mol. The molecular formula is C21H31N3O3. The number of nitrogens with one attached hydrogen (secondary N) is 1. The van der Waals surface area contributed by atoms with Crippen LogP contribution in [-0.2, 0) is 4.79 Å². The summed E-state index contributed by atoms with van der Waals surface area (Å²) in [7, 11) is 0. The molecule has 2 fully saturated rings. The molecule has 2 N–H and O–H groups in total. The largest absolute Gasteiger partial charge is 0.389 e. The van der Waals surface area contributed by atoms with Gasteiger partial charge in [-0.1, -0.05) is 37.5 Å². The van der Waals surface area contributed by atoms with Crippen LogP contribution in [-0.4, -0.2) is 71.6 Å². The average Bonchev–Trinajstić information content (AvgIpc) is 2.66. The average molecular weight is 373 g/mol. The van der Waals surface area contributed by atoms with Gasteiger partial charge in [0.2, 0.25) is 5.91 Å². The lowest BCUT2D eigenvalue weighted by Gasteiger charge is -2.37. The van der Waals surface area contributed by atoms with Crippen LogP contribution in [0.1, 0.15) is 48.9 Å². The quantitative estimate of drug-likeness (QED) is 0.842. The summed E-state index contributed by atoms with van der Waals surface area (Å²) in [5, 5.41) is 13.4. The van der Waals surface area contributed by atoms with Crippen molar-refractivity contribution in [1.29, 1.82) is 0 Å². The number of hydrogen-bond donors (Lipinski definition) is 2. The van der Waals surface area contributed by atoms with E-state index in [0.29, 0.717) is 25.1 Å². The molecule has 6 heteroatoms. The first-order valence-corrected chi connectivity index (χ1v) is 10.2. The monoisotopic (exact) mass is 373 g/mol. The zero-order chi connectivity index (χ0) is 19.1. The van der Waals surface area contributed by atoms with Crippen LogP contribution in [0, 0.1) is 0 Å². The fraction of sp³-hybridized carbons (Fsp3) is 0.619. The van der Waals surface area contributed by atoms with Crippen LogP contribution in [0.25, 0.3) is 0 Å². The summed E-state index contributed by atoms with van der Waals surface area (Å²) in [6.45, 7) is 3.26. The molecule has 1 aromatic carbocycles. The number of amides is 2. The maximum atomic E-state index is 12.6. The van der Waals surface area contributed by atoms with E-state index >= 15 is 0 Å². The van der Waals surface area contributed by atoms with Crippen LogP contribution in [0.4, 0.5) is 0 Å². The molecule has 0 spiro atoms. The molecule has 2 saturated heterocycles. The molecule has 0 bridgehead atoms. The number of aliphatic hydroxyl groups is 1. The summed E-state index contributed by atoms with van der Waals surface area (Å²) in [6, 6.07) is 8.69. The van der Waals surface area contributed by atoms with Crippen molar-refractivity contribution in [3.05, 3.63) is 35.9 Å². The summed E-state index contributed by atoms with van der Waals surface area (Å²) < 4.78 is 0. The standard InChI is InChI=1S/C21H31N3O3/c25-19-15-24(20(26)16-23-12-7-2-1-3-8-13-23)14-11-18(19)22-21(27)17-9-5-4-6-10-17/h4-6,9-10,18-19,25H,1-3,7-8,11-16H2,(H,22,27)/t18-,19-/m1/s1. The van der Waals surface area contributed by atoms with Crippen LogP contribution in [0.15, 0.2) is 30.3 Å². The molecule has 2 atom stereocenters. The number of hydrogen-bond acceptors (Lipinski definition) is 4. The molecule has 2 amide bonds. The molecule has 2 aliphatic rings. The van der Waals surface area contributed by atoms with E-state index in [1.54, 1.807) is 17.0 Å². The second-order valence-electron chi connectivity index (χ2n) is 7.69. The Morgan fingerprint density at radius 2 is 1.67 bits per heavy atom. The molecule has 148 valence electrons. The molecule has 0 aromatic heterocycles. The van der Waals surface area contributed by atoms with Crippen LogP contribution < -0.4 is 5.32 Å². The Labute approximate surface area is 161 Å². The number of likely N-dealkylation sites (tertiary alicyclic amines) is 2. The Balaban J connectivity index is 1.47. The van der Waals surface area contributed by atoms with Gasteiger partial charge in [0.15, 0.2) is 0 Å². The topological polar surface area (TPSA) is 72.9 Å². The molecule has 27 heavy (non-hydrogen) atoms. The van der Waals surface area contributed by atoms with Gasteiger partial charge in [-0.15, -0.1) is 0 Å². The minimum Gasteiger partial charge on any atom is -0.389 e. The molecule has 0 radical (unpaired) electrons. The number of carbonyl (C=O) groups is 2. The van der Waals surface area contributed by atoms with Crippen LogP contribution in [0.5, 0.6) is 0 Å². The summed E-state index contributed by atoms with van der Waals surface area (Å²) in [5.74, 6) is -0.0949. The number of benzene rings is 1. The molecule has 0 aliphatic carbocycles. The number of piperidine rings is 1. The highest BCUT2D eigenvalue weighted by Crippen LogP contribution is 2.15. The smallest absolute Gasteiger partial charge is 0.251 e. The van der Waals surface area contributed by atoms with Crippen molar-refractivity contribution in [1.82, 2.24) is 15.1 Å².